The number of nitrogens with zero attached hydrogens (tertiary/aromatic N) is 2. The van der Waals surface area contributed by atoms with Crippen LogP contribution in [-0.4, -0.2) is 57.0 Å². The van der Waals surface area contributed by atoms with Crippen LogP contribution in [0.1, 0.15) is 44.6 Å². The van der Waals surface area contributed by atoms with Gasteiger partial charge in [0.1, 0.15) is 31.6 Å². The van der Waals surface area contributed by atoms with Crippen molar-refractivity contribution < 1.29 is 31.9 Å². The van der Waals surface area contributed by atoms with Gasteiger partial charge in [-0.1, -0.05) is 48.5 Å². The molecule has 2 aliphatic rings. The van der Waals surface area contributed by atoms with Gasteiger partial charge in [0.25, 0.3) is 10.0 Å². The minimum absolute atomic E-state index is 0.00364. The predicted molar refractivity (Wildman–Crippen MR) is 170 cm³/mol. The minimum Gasteiger partial charge on any atom is -0.486 e. The molecule has 45 heavy (non-hydrogen) atoms. The molecular weight excluding hydrogens is 644 g/mol. The summed E-state index contributed by atoms with van der Waals surface area (Å²) in [5.74, 6) is -0.956. The molecule has 0 unspecified atom stereocenters. The summed E-state index contributed by atoms with van der Waals surface area (Å²) in [5.41, 5.74) is 0.582. The number of halogens is 3. The normalized spacial score (nSPS) is 15.6. The number of amides is 2. The van der Waals surface area contributed by atoms with E-state index in [9.17, 15) is 22.4 Å². The van der Waals surface area contributed by atoms with Gasteiger partial charge < -0.3 is 19.7 Å². The zero-order valence-electron chi connectivity index (χ0n) is 24.7. The van der Waals surface area contributed by atoms with Crippen LogP contribution in [-0.2, 0) is 26.2 Å². The summed E-state index contributed by atoms with van der Waals surface area (Å²) in [6, 6.07) is 12.8. The second kappa shape index (κ2) is 14.3. The molecule has 1 heterocycles. The number of nitrogens with one attached hydrogen (secondary N) is 1. The molecule has 0 aromatic heterocycles. The van der Waals surface area contributed by atoms with E-state index in [1.54, 1.807) is 19.1 Å². The van der Waals surface area contributed by atoms with Crippen LogP contribution in [0.5, 0.6) is 11.5 Å². The zero-order chi connectivity index (χ0) is 32.1. The number of ether oxygens (including phenoxy) is 2. The van der Waals surface area contributed by atoms with Crippen LogP contribution in [0.4, 0.5) is 10.1 Å². The van der Waals surface area contributed by atoms with E-state index >= 15 is 0 Å². The first-order chi connectivity index (χ1) is 21.5. The van der Waals surface area contributed by atoms with E-state index < -0.39 is 34.3 Å². The highest BCUT2D eigenvalue weighted by Crippen LogP contribution is 2.34. The molecule has 240 valence electrons. The molecule has 1 aliphatic carbocycles. The number of hydrogen-bond acceptors (Lipinski definition) is 6. The van der Waals surface area contributed by atoms with Gasteiger partial charge >= 0.3 is 0 Å². The molecule has 2 amide bonds. The summed E-state index contributed by atoms with van der Waals surface area (Å²) in [5, 5.41) is 3.75. The van der Waals surface area contributed by atoms with Gasteiger partial charge in [-0.15, -0.1) is 0 Å². The summed E-state index contributed by atoms with van der Waals surface area (Å²) in [6.45, 7) is 1.40. The van der Waals surface area contributed by atoms with Crippen molar-refractivity contribution in [2.45, 2.75) is 62.6 Å². The fraction of sp³-hybridized carbons (Fsp3) is 0.375. The fourth-order valence-electron chi connectivity index (χ4n) is 5.43. The minimum atomic E-state index is -4.40. The molecule has 9 nitrogen and oxygen atoms in total. The average molecular weight is 679 g/mol. The quantitative estimate of drug-likeness (QED) is 0.284. The number of benzene rings is 3. The smallest absolute Gasteiger partial charge is 0.264 e. The van der Waals surface area contributed by atoms with Crippen molar-refractivity contribution in [1.82, 2.24) is 10.2 Å². The van der Waals surface area contributed by atoms with Crippen molar-refractivity contribution in [1.29, 1.82) is 0 Å². The lowest BCUT2D eigenvalue weighted by molar-refractivity contribution is -0.139. The van der Waals surface area contributed by atoms with Crippen LogP contribution in [0, 0.1) is 5.82 Å². The van der Waals surface area contributed by atoms with E-state index in [0.717, 1.165) is 48.5 Å². The third kappa shape index (κ3) is 7.82. The molecule has 0 bridgehead atoms. The van der Waals surface area contributed by atoms with Crippen molar-refractivity contribution in [3.8, 4) is 11.5 Å². The summed E-state index contributed by atoms with van der Waals surface area (Å²) in [4.78, 5) is 28.8. The lowest BCUT2D eigenvalue weighted by Gasteiger charge is -2.33. The second-order valence-electron chi connectivity index (χ2n) is 11.1. The number of rotatable bonds is 10. The van der Waals surface area contributed by atoms with Crippen LogP contribution in [0.2, 0.25) is 10.0 Å². The summed E-state index contributed by atoms with van der Waals surface area (Å²) < 4.78 is 54.2. The number of hydrogen-bond donors (Lipinski definition) is 1. The average Bonchev–Trinajstić information content (AvgIpc) is 3.03. The Morgan fingerprint density at radius 1 is 0.956 bits per heavy atom. The number of fused-ring (bicyclic) bond motifs is 1. The van der Waals surface area contributed by atoms with Gasteiger partial charge in [-0.25, -0.2) is 12.8 Å². The van der Waals surface area contributed by atoms with Gasteiger partial charge in [-0.3, -0.25) is 13.9 Å². The largest absolute Gasteiger partial charge is 0.486 e. The van der Waals surface area contributed by atoms with E-state index in [2.05, 4.69) is 5.32 Å². The molecule has 0 saturated heterocycles. The first-order valence-corrected chi connectivity index (χ1v) is 16.9. The van der Waals surface area contributed by atoms with Crippen molar-refractivity contribution in [2.24, 2.45) is 0 Å². The molecule has 0 radical (unpaired) electrons. The Kier molecular flexibility index (Phi) is 10.4. The number of carbonyl (C=O) groups excluding carboxylic acids is 2. The Labute approximate surface area is 272 Å². The van der Waals surface area contributed by atoms with Crippen molar-refractivity contribution in [3.05, 3.63) is 82.1 Å². The third-order valence-corrected chi connectivity index (χ3v) is 10.3. The Hall–Kier alpha value is -3.54. The highest BCUT2D eigenvalue weighted by atomic mass is 35.5. The number of anilines is 1. The molecule has 1 atom stereocenters. The van der Waals surface area contributed by atoms with E-state index in [1.807, 2.05) is 0 Å². The fourth-order valence-corrected chi connectivity index (χ4v) is 7.33. The molecule has 13 heteroatoms. The summed E-state index contributed by atoms with van der Waals surface area (Å²) in [7, 11) is -4.40. The molecule has 0 spiro atoms. The van der Waals surface area contributed by atoms with Crippen LogP contribution < -0.4 is 19.1 Å². The first kappa shape index (κ1) is 32.8. The Morgan fingerprint density at radius 2 is 1.64 bits per heavy atom. The number of sulfonamides is 1. The Morgan fingerprint density at radius 3 is 2.33 bits per heavy atom. The van der Waals surface area contributed by atoms with Crippen LogP contribution in [0.15, 0.2) is 65.6 Å². The summed E-state index contributed by atoms with van der Waals surface area (Å²) >= 11 is 12.6. The van der Waals surface area contributed by atoms with Crippen molar-refractivity contribution >= 4 is 50.7 Å². The molecule has 1 fully saturated rings. The van der Waals surface area contributed by atoms with Gasteiger partial charge in [0.15, 0.2) is 11.5 Å². The lowest BCUT2D eigenvalue weighted by atomic mass is 9.95. The van der Waals surface area contributed by atoms with Crippen LogP contribution >= 0.6 is 23.2 Å². The van der Waals surface area contributed by atoms with E-state index in [4.69, 9.17) is 32.7 Å². The van der Waals surface area contributed by atoms with Gasteiger partial charge in [0, 0.05) is 28.7 Å². The van der Waals surface area contributed by atoms with E-state index in [1.165, 1.54) is 41.3 Å². The highest BCUT2D eigenvalue weighted by molar-refractivity contribution is 7.92. The molecule has 5 rings (SSSR count). The van der Waals surface area contributed by atoms with Gasteiger partial charge in [0.05, 0.1) is 10.6 Å². The SMILES string of the molecule is C[C@@H](C(=O)NC1CCCCC1)N(Cc1ccc(Cl)cc1Cl)C(=O)CN(c1ccc(F)cc1)S(=O)(=O)c1ccc2c(c1)OCCO2. The predicted octanol–water partition coefficient (Wildman–Crippen LogP) is 5.97. The van der Waals surface area contributed by atoms with E-state index in [-0.39, 0.29) is 41.4 Å². The molecule has 3 aromatic carbocycles. The molecule has 1 saturated carbocycles. The Balaban J connectivity index is 1.49. The zero-order valence-corrected chi connectivity index (χ0v) is 27.0. The molecular formula is C32H34Cl2FN3O6S. The monoisotopic (exact) mass is 677 g/mol. The Bertz CT molecular complexity index is 1650. The van der Waals surface area contributed by atoms with Gasteiger partial charge in [-0.2, -0.15) is 0 Å². The van der Waals surface area contributed by atoms with Crippen molar-refractivity contribution in [2.75, 3.05) is 24.1 Å². The maximum Gasteiger partial charge on any atom is 0.264 e. The number of carbonyl (C=O) groups is 2. The first-order valence-electron chi connectivity index (χ1n) is 14.7. The maximum atomic E-state index is 14.2. The molecule has 1 aliphatic heterocycles. The van der Waals surface area contributed by atoms with Crippen LogP contribution in [0.3, 0.4) is 0 Å². The molecule has 1 N–H and O–H groups in total. The van der Waals surface area contributed by atoms with Crippen LogP contribution in [0.25, 0.3) is 0 Å². The highest BCUT2D eigenvalue weighted by Gasteiger charge is 2.34. The maximum absolute atomic E-state index is 14.2. The van der Waals surface area contributed by atoms with Crippen molar-refractivity contribution in [3.63, 3.8) is 0 Å². The lowest BCUT2D eigenvalue weighted by Crippen LogP contribution is -2.53. The van der Waals surface area contributed by atoms with E-state index in [0.29, 0.717) is 28.0 Å². The third-order valence-electron chi connectivity index (χ3n) is 7.97. The standard InChI is InChI=1S/C32H34Cl2FN3O6S/c1-21(32(40)36-25-5-3-2-4-6-25)37(19-22-7-8-23(33)17-28(22)34)31(39)20-38(26-11-9-24(35)10-12-26)45(41,42)27-13-14-29-30(18-27)44-16-15-43-29/h7-14,17-18,21,25H,2-6,15-16,19-20H2,1H3,(H,36,40)/t21-/m0/s1. The van der Waals surface area contributed by atoms with Gasteiger partial charge in [-0.05, 0) is 73.9 Å². The molecule has 3 aromatic rings. The topological polar surface area (TPSA) is 105 Å². The second-order valence-corrected chi connectivity index (χ2v) is 13.8. The summed E-state index contributed by atoms with van der Waals surface area (Å²) in [6.07, 6.45) is 4.82. The van der Waals surface area contributed by atoms with Gasteiger partial charge in [0.2, 0.25) is 11.8 Å².